The van der Waals surface area contributed by atoms with E-state index in [0.29, 0.717) is 89.3 Å². The Morgan fingerprint density at radius 3 is 0.485 bits per heavy atom. The van der Waals surface area contributed by atoms with Gasteiger partial charge in [-0.25, -0.2) is 153 Å². The van der Waals surface area contributed by atoms with Crippen LogP contribution in [-0.2, 0) is 39.1 Å². The van der Waals surface area contributed by atoms with Crippen LogP contribution < -0.4 is 24.0 Å². The van der Waals surface area contributed by atoms with Gasteiger partial charge >= 0.3 is 60.6 Å². The van der Waals surface area contributed by atoms with Crippen LogP contribution in [0.2, 0.25) is 0 Å². The number of H-pyrrole nitrogens is 8. The molecule has 0 aliphatic carbocycles. The van der Waals surface area contributed by atoms with Crippen molar-refractivity contribution in [1.82, 2.24) is 159 Å². The molecule has 15 N–H and O–H groups in total. The van der Waals surface area contributed by atoms with Crippen LogP contribution >= 0.6 is 0 Å². The van der Waals surface area contributed by atoms with Gasteiger partial charge in [-0.05, 0) is 0 Å². The topological polar surface area (TPSA) is 737 Å². The second kappa shape index (κ2) is 34.2. The molecule has 490 valence electrons. The van der Waals surface area contributed by atoms with Gasteiger partial charge in [0.25, 0.3) is 0 Å². The van der Waals surface area contributed by atoms with Crippen LogP contribution in [-0.4, -0.2) is 243 Å². The van der Waals surface area contributed by atoms with E-state index in [-0.39, 0.29) is 105 Å². The van der Waals surface area contributed by atoms with Crippen molar-refractivity contribution in [3.8, 4) is 0 Å². The molecule has 48 nitrogen and oxygen atoms in total. The van der Waals surface area contributed by atoms with E-state index in [1.807, 2.05) is 0 Å². The SMILES string of the molecule is O=C(O)c1ncc2[nH]cnc2n1.O=C(O)c1ncc2[nH]cnc2n1.O=C(O)c1ncc2[nH]cnc2n1.O=C(O)c1ncc2[nH]cnc2n1.O=C(O)c1ncc2[nH]cnc2n1.O=C(O)c1ncc2[nH]cnc2n1.O=C(O)c1ncc2[nH]cnc2n1.O=C([O-])c1ncc2[nH]cnc2n1.[Cr].[Li+].[Ti]. The number of carboxylic acid groups (broad SMARTS) is 8. The Morgan fingerprint density at radius 2 is 0.364 bits per heavy atom. The van der Waals surface area contributed by atoms with E-state index in [0.717, 1.165) is 0 Å². The Morgan fingerprint density at radius 1 is 0.242 bits per heavy atom. The quantitative estimate of drug-likeness (QED) is 0.0646. The predicted octanol–water partition coefficient (Wildman–Crippen LogP) is -3.93. The van der Waals surface area contributed by atoms with Gasteiger partial charge in [-0.2, -0.15) is 0 Å². The summed E-state index contributed by atoms with van der Waals surface area (Å²) in [5, 5.41) is 69.9. The molecule has 0 saturated heterocycles. The number of nitrogens with one attached hydrogen (secondary N) is 8. The van der Waals surface area contributed by atoms with E-state index in [1.165, 1.54) is 100 Å². The van der Waals surface area contributed by atoms with Crippen molar-refractivity contribution in [3.63, 3.8) is 0 Å². The summed E-state index contributed by atoms with van der Waals surface area (Å²) in [6.45, 7) is 0. The molecule has 0 unspecified atom stereocenters. The summed E-state index contributed by atoms with van der Waals surface area (Å²) in [6, 6.07) is 0. The number of fused-ring (bicyclic) bond motifs is 8. The van der Waals surface area contributed by atoms with Crippen LogP contribution in [0, 0.1) is 0 Å². The van der Waals surface area contributed by atoms with Crippen LogP contribution in [0.1, 0.15) is 85.0 Å². The first-order valence-electron chi connectivity index (χ1n) is 25.3. The number of aromatic nitrogens is 32. The molecular formula is C48H31CrLiN32O16Ti. The molecule has 0 aliphatic heterocycles. The minimum atomic E-state index is -1.40. The fourth-order valence-corrected chi connectivity index (χ4v) is 6.71. The zero-order valence-electron chi connectivity index (χ0n) is 48.7. The number of hydrogen-bond acceptors (Lipinski definition) is 33. The number of imidazole rings is 8. The Labute approximate surface area is 577 Å². The molecule has 0 aromatic carbocycles. The summed E-state index contributed by atoms with van der Waals surface area (Å²) in [5.41, 5.74) is 7.84. The molecule has 0 spiro atoms. The summed E-state index contributed by atoms with van der Waals surface area (Å²) in [7, 11) is 0. The molecular weight excluding hydrogens is 1390 g/mol. The molecule has 0 radical (unpaired) electrons. The molecule has 51 heteroatoms. The number of aromatic amines is 8. The monoisotopic (exact) mass is 1420 g/mol. The third kappa shape index (κ3) is 19.5. The summed E-state index contributed by atoms with van der Waals surface area (Å²) >= 11 is 0. The maximum atomic E-state index is 10.4. The molecule has 0 fully saturated rings. The standard InChI is InChI=1S/8C6H4N4O2.Cr.Li.Ti/c8*11-6(12)5-7-1-3-4(10-5)9-2-8-3;;;/h8*1-2H,(H,11,12)(H,7,8,9,10);;;/q;;;;;;;;;+1;/p-1. The largest absolute Gasteiger partial charge is 1.00 e. The number of rotatable bonds is 8. The predicted molar refractivity (Wildman–Crippen MR) is 307 cm³/mol. The van der Waals surface area contributed by atoms with Gasteiger partial charge in [0.2, 0.25) is 40.8 Å². The summed E-state index contributed by atoms with van der Waals surface area (Å²) in [4.78, 5) is 194. The minimum absolute atomic E-state index is 0. The summed E-state index contributed by atoms with van der Waals surface area (Å²) in [5.74, 6) is -11.5. The van der Waals surface area contributed by atoms with E-state index in [2.05, 4.69) is 159 Å². The number of carbonyl (C=O) groups excluding carboxylic acids is 1. The average molecular weight is 1420 g/mol. The van der Waals surface area contributed by atoms with Crippen LogP contribution in [0.4, 0.5) is 0 Å². The first-order valence-corrected chi connectivity index (χ1v) is 25.3. The van der Waals surface area contributed by atoms with Crippen molar-refractivity contribution in [2.75, 3.05) is 0 Å². The smallest absolute Gasteiger partial charge is 0.542 e. The third-order valence-electron chi connectivity index (χ3n) is 10.9. The van der Waals surface area contributed by atoms with Crippen molar-refractivity contribution in [3.05, 3.63) is 147 Å². The molecule has 16 rings (SSSR count). The number of nitrogens with zero attached hydrogens (tertiary/aromatic N) is 24. The van der Waals surface area contributed by atoms with Gasteiger partial charge in [0.15, 0.2) is 51.0 Å². The van der Waals surface area contributed by atoms with Crippen molar-refractivity contribution in [2.45, 2.75) is 0 Å². The normalized spacial score (nSPS) is 10.0. The van der Waals surface area contributed by atoms with Gasteiger partial charge < -0.3 is 85.5 Å². The second-order valence-electron chi connectivity index (χ2n) is 17.1. The zero-order chi connectivity index (χ0) is 68.4. The van der Waals surface area contributed by atoms with Crippen LogP contribution in [0.25, 0.3) is 89.3 Å². The van der Waals surface area contributed by atoms with Gasteiger partial charge in [0.05, 0.1) is 100 Å². The molecule has 0 saturated carbocycles. The Kier molecular flexibility index (Phi) is 25.6. The number of carboxylic acids is 8. The van der Waals surface area contributed by atoms with Crippen molar-refractivity contribution in [1.29, 1.82) is 0 Å². The number of hydrogen-bond donors (Lipinski definition) is 15. The summed E-state index contributed by atoms with van der Waals surface area (Å²) < 4.78 is 0. The maximum Gasteiger partial charge on any atom is 1.00 e. The molecule has 0 bridgehead atoms. The second-order valence-corrected chi connectivity index (χ2v) is 17.1. The zero-order valence-corrected chi connectivity index (χ0v) is 51.5. The van der Waals surface area contributed by atoms with Gasteiger partial charge in [0, 0.05) is 39.1 Å². The number of aromatic carboxylic acids is 8. The van der Waals surface area contributed by atoms with E-state index in [4.69, 9.17) is 35.7 Å². The molecule has 99 heavy (non-hydrogen) atoms. The van der Waals surface area contributed by atoms with Crippen molar-refractivity contribution in [2.24, 2.45) is 0 Å². The van der Waals surface area contributed by atoms with Crippen LogP contribution in [0.5, 0.6) is 0 Å². The van der Waals surface area contributed by atoms with Gasteiger partial charge in [-0.3, -0.25) is 0 Å². The third-order valence-corrected chi connectivity index (χ3v) is 10.9. The minimum Gasteiger partial charge on any atom is -0.542 e. The van der Waals surface area contributed by atoms with E-state index in [1.54, 1.807) is 0 Å². The average Bonchev–Trinajstić information content (AvgIpc) is 1.98. The fourth-order valence-electron chi connectivity index (χ4n) is 6.71. The molecule has 16 aromatic heterocycles. The van der Waals surface area contributed by atoms with E-state index >= 15 is 0 Å². The fraction of sp³-hybridized carbons (Fsp3) is 0. The Bertz CT molecular complexity index is 4520. The number of carbonyl (C=O) groups is 8. The first-order chi connectivity index (χ1) is 46.2. The van der Waals surface area contributed by atoms with Gasteiger partial charge in [0.1, 0.15) is 50.1 Å². The van der Waals surface area contributed by atoms with Crippen LogP contribution in [0.3, 0.4) is 0 Å². The summed E-state index contributed by atoms with van der Waals surface area (Å²) in [6.07, 6.45) is 22.5. The Balaban J connectivity index is 0.000000178. The molecule has 0 amide bonds. The Hall–Kier alpha value is -14.0. The van der Waals surface area contributed by atoms with Crippen molar-refractivity contribution >= 4 is 137 Å². The first kappa shape index (κ1) is 74.0. The van der Waals surface area contributed by atoms with Gasteiger partial charge in [-0.15, -0.1) is 0 Å². The van der Waals surface area contributed by atoms with Crippen molar-refractivity contribution < 1.29 is 137 Å². The molecule has 0 aliphatic rings. The van der Waals surface area contributed by atoms with E-state index in [9.17, 15) is 43.5 Å². The molecule has 16 aromatic rings. The maximum absolute atomic E-state index is 10.4. The molecule has 0 atom stereocenters. The van der Waals surface area contributed by atoms with E-state index < -0.39 is 47.8 Å². The van der Waals surface area contributed by atoms with Gasteiger partial charge in [-0.1, -0.05) is 0 Å². The van der Waals surface area contributed by atoms with Crippen LogP contribution in [0.15, 0.2) is 100 Å². The molecule has 16 heterocycles.